The molecule has 26 nitrogen and oxygen atoms in total. The molecule has 3 aliphatic heterocycles. The predicted molar refractivity (Wildman–Crippen MR) is 461 cm³/mol. The molecule has 116 heavy (non-hydrogen) atoms. The molecule has 4 aromatic rings. The molecule has 8 N–H and O–H groups in total. The van der Waals surface area contributed by atoms with Crippen LogP contribution in [0.15, 0.2) is 39.3 Å². The first-order valence-corrected chi connectivity index (χ1v) is 42.0. The van der Waals surface area contributed by atoms with Crippen LogP contribution in [-0.4, -0.2) is 158 Å². The van der Waals surface area contributed by atoms with Crippen LogP contribution >= 0.6 is 17.1 Å². The van der Waals surface area contributed by atoms with Crippen LogP contribution in [0.4, 0.5) is 11.6 Å². The number of nitrogens with zero attached hydrogens (tertiary/aromatic N) is 10. The van der Waals surface area contributed by atoms with Gasteiger partial charge in [0.2, 0.25) is 13.1 Å². The molecule has 0 radical (unpaired) electrons. The molecule has 0 aliphatic carbocycles. The standard InChI is InChI=1S/C19H22N4O2.C19H31N2O2P.C17H21N3O3.C17H20N2O4.C16H29N2O2P/c1-4-6-7-8-9-13-10-23(18-15(13)17(20)21-11-22-18)19-16(24)12(3)14(5-2)25-19;1-8-10-11-12-13-14-19(9-2)23-24(22-16-15-20-7)21(17(3)4)18(5)6;1-4-6-7-8-9-12-10-20(17(22)19-15(12)18)16-14(21)11(3)13(5-2)23-16;1-4-6-7-8-9-12-10-19(17(22)18-15(12)21)16-14(20)11(3)13(5-2)23-16;1-8-10-11-16(9-2)20-21(19-13-12-17-7)18(14(3)4)15(5)6/h10-12,14,16,19,24H,5,7H2,1-3H3,(H2,20,21,22);17-19H,9,11,14-16H2,1-6H3;10-11,13-14,16,21H,5,7H2,1-3H3,(H2,18,19,22);10-11,13-14,16,20H,5,7H2,1-3H3,(H,18,21,22);14-16H,9,11-13H2,1-6H3/t12-,14+,16?,19+;19-,24?;2*11-,13+,14?,16+;/m0100./s1. The lowest BCUT2D eigenvalue weighted by Gasteiger charge is -2.36. The summed E-state index contributed by atoms with van der Waals surface area (Å²) < 4.78 is 50.7. The molecule has 3 aliphatic rings. The van der Waals surface area contributed by atoms with Crippen LogP contribution in [0.2, 0.25) is 0 Å². The van der Waals surface area contributed by atoms with Crippen molar-refractivity contribution in [3.63, 3.8) is 0 Å². The molecule has 6 unspecified atom stereocenters. The molecule has 4 aromatic heterocycles. The Morgan fingerprint density at radius 1 is 0.526 bits per heavy atom. The molecule has 0 aromatic carbocycles. The van der Waals surface area contributed by atoms with Gasteiger partial charge in [0, 0.05) is 73.4 Å². The number of anilines is 2. The van der Waals surface area contributed by atoms with Gasteiger partial charge < -0.3 is 73.3 Å². The predicted octanol–water partition coefficient (Wildman–Crippen LogP) is 12.9. The van der Waals surface area contributed by atoms with Crippen molar-refractivity contribution >= 4 is 39.7 Å². The van der Waals surface area contributed by atoms with E-state index in [1.165, 1.54) is 27.9 Å². The SMILES string of the molecule is CC#CCC#Cc1cn([C@@H]2O[C@H](CC)[C@H](C)C2O)c(=O)[nH]c1=O.CC#CCC#Cc1cn([C@@H]2O[C@H](CC)[C@H](C)C2O)c(=O)nc1N.CC#CCC#Cc1cn([C@@H]2O[C@H](CC)[C@H](C)C2O)c2ncnc(N)c12.[C-]#[N+]CCOP(OC(CC)CC#CC)N(C(C)C)C(C)C.[C-]#[N+]CCOP(O[C@H](CC)CC#CCC#CC)N(C(C)C)C(C)C. The number of nitrogens with two attached hydrogens (primary N) is 2. The minimum Gasteiger partial charge on any atom is -0.388 e. The Hall–Kier alpha value is -8.82. The van der Waals surface area contributed by atoms with Gasteiger partial charge in [-0.05, 0) is 122 Å². The van der Waals surface area contributed by atoms with E-state index in [0.29, 0.717) is 105 Å². The molecule has 7 rings (SSSR count). The summed E-state index contributed by atoms with van der Waals surface area (Å²) in [5.74, 6) is 52.4. The Bertz CT molecular complexity index is 4610. The van der Waals surface area contributed by atoms with E-state index in [2.05, 4.69) is 222 Å². The molecule has 628 valence electrons. The molecule has 7 heterocycles. The third kappa shape index (κ3) is 31.6. The zero-order chi connectivity index (χ0) is 86.6. The highest BCUT2D eigenvalue weighted by molar-refractivity contribution is 7.44. The number of H-pyrrole nitrogens is 1. The Morgan fingerprint density at radius 3 is 1.30 bits per heavy atom. The maximum Gasteiger partial charge on any atom is 0.351 e. The summed E-state index contributed by atoms with van der Waals surface area (Å²) in [7, 11) is -2.35. The van der Waals surface area contributed by atoms with E-state index in [1.54, 1.807) is 20.8 Å². The van der Waals surface area contributed by atoms with Crippen molar-refractivity contribution in [2.45, 2.75) is 308 Å². The smallest absolute Gasteiger partial charge is 0.351 e. The number of nitrogen functional groups attached to an aromatic ring is 2. The second-order valence-electron chi connectivity index (χ2n) is 28.1. The third-order valence-electron chi connectivity index (χ3n) is 18.5. The number of fused-ring (bicyclic) bond motifs is 1. The number of aromatic nitrogens is 7. The van der Waals surface area contributed by atoms with E-state index in [0.717, 1.165) is 44.1 Å². The Labute approximate surface area is 692 Å². The van der Waals surface area contributed by atoms with E-state index in [9.17, 15) is 29.7 Å². The van der Waals surface area contributed by atoms with E-state index in [1.807, 2.05) is 59.2 Å². The molecule has 0 bridgehead atoms. The van der Waals surface area contributed by atoms with Gasteiger partial charge in [0.1, 0.15) is 60.7 Å². The maximum absolute atomic E-state index is 12.1. The first-order valence-electron chi connectivity index (χ1n) is 39.7. The Kier molecular flexibility index (Phi) is 48.0. The van der Waals surface area contributed by atoms with Crippen LogP contribution in [0.25, 0.3) is 20.7 Å². The van der Waals surface area contributed by atoms with Gasteiger partial charge in [-0.15, -0.1) is 35.5 Å². The monoisotopic (exact) mass is 1630 g/mol. The van der Waals surface area contributed by atoms with Crippen molar-refractivity contribution in [1.29, 1.82) is 0 Å². The molecule has 16 atom stereocenters. The molecule has 0 saturated carbocycles. The summed E-state index contributed by atoms with van der Waals surface area (Å²) in [5, 5.41) is 32.0. The number of nitrogens with one attached hydrogen (secondary N) is 1. The highest BCUT2D eigenvalue weighted by Crippen LogP contribution is 2.49. The van der Waals surface area contributed by atoms with Crippen molar-refractivity contribution < 1.29 is 47.6 Å². The summed E-state index contributed by atoms with van der Waals surface area (Å²) in [6, 6.07) is 1.29. The van der Waals surface area contributed by atoms with E-state index in [-0.39, 0.29) is 59.7 Å². The van der Waals surface area contributed by atoms with Gasteiger partial charge >= 0.3 is 11.4 Å². The van der Waals surface area contributed by atoms with Crippen LogP contribution in [-0.2, 0) is 32.3 Å². The molecule has 28 heteroatoms. The molecule has 3 fully saturated rings. The quantitative estimate of drug-likeness (QED) is 0.0147. The Morgan fingerprint density at radius 2 is 0.905 bits per heavy atom. The third-order valence-corrected chi connectivity index (χ3v) is 22.9. The number of rotatable bonds is 26. The molecule has 0 amide bonds. The second-order valence-corrected chi connectivity index (χ2v) is 30.9. The van der Waals surface area contributed by atoms with Gasteiger partial charge in [-0.1, -0.05) is 126 Å². The van der Waals surface area contributed by atoms with E-state index in [4.69, 9.17) is 56.9 Å². The van der Waals surface area contributed by atoms with Crippen LogP contribution in [0.3, 0.4) is 0 Å². The number of ether oxygens (including phenoxy) is 3. The van der Waals surface area contributed by atoms with Crippen molar-refractivity contribution in [2.24, 2.45) is 17.8 Å². The van der Waals surface area contributed by atoms with E-state index < -0.39 is 71.0 Å². The van der Waals surface area contributed by atoms with Crippen LogP contribution in [0.1, 0.15) is 251 Å². The average Bonchev–Trinajstić information content (AvgIpc) is 1.61. The maximum atomic E-state index is 12.1. The van der Waals surface area contributed by atoms with Gasteiger partial charge in [-0.25, -0.2) is 42.0 Å². The second kappa shape index (κ2) is 55.0. The number of aromatic amines is 1. The van der Waals surface area contributed by atoms with Crippen molar-refractivity contribution in [3.05, 3.63) is 95.8 Å². The van der Waals surface area contributed by atoms with Crippen molar-refractivity contribution in [1.82, 2.24) is 43.0 Å². The topological polar surface area (TPSA) is 313 Å². The van der Waals surface area contributed by atoms with Crippen LogP contribution in [0.5, 0.6) is 0 Å². The van der Waals surface area contributed by atoms with Gasteiger partial charge in [-0.2, -0.15) is 4.98 Å². The van der Waals surface area contributed by atoms with Crippen molar-refractivity contribution in [2.75, 3.05) is 37.8 Å². The first kappa shape index (κ1) is 101. The van der Waals surface area contributed by atoms with E-state index >= 15 is 0 Å². The highest BCUT2D eigenvalue weighted by Gasteiger charge is 2.44. The zero-order valence-electron chi connectivity index (χ0n) is 71.8. The van der Waals surface area contributed by atoms with Crippen molar-refractivity contribution in [3.8, 4) is 107 Å². The minimum atomic E-state index is -1.19. The summed E-state index contributed by atoms with van der Waals surface area (Å²) in [5.41, 5.74) is 12.0. The van der Waals surface area contributed by atoms with Gasteiger partial charge in [0.25, 0.3) is 22.6 Å². The molecular weight excluding hydrogens is 1510 g/mol. The fraction of sp³-hybridized carbons (Fsp3) is 0.614. The number of hydrogen-bond donors (Lipinski definition) is 6. The van der Waals surface area contributed by atoms with Gasteiger partial charge in [-0.3, -0.25) is 18.9 Å². The number of aliphatic hydroxyl groups excluding tert-OH is 3. The Balaban J connectivity index is 0.000000376. The summed E-state index contributed by atoms with van der Waals surface area (Å²) in [6.45, 7) is 57.3. The lowest BCUT2D eigenvalue weighted by Crippen LogP contribution is -2.37. The zero-order valence-corrected chi connectivity index (χ0v) is 73.5. The largest absolute Gasteiger partial charge is 0.388 e. The normalized spacial score (nSPS) is 21.0. The molecule has 3 saturated heterocycles. The van der Waals surface area contributed by atoms with Crippen LogP contribution < -0.4 is 28.4 Å². The van der Waals surface area contributed by atoms with Crippen LogP contribution in [0, 0.1) is 137 Å². The molecule has 0 spiro atoms. The number of hydrogen-bond acceptors (Lipinski definition) is 20. The summed E-state index contributed by atoms with van der Waals surface area (Å²) in [4.78, 5) is 57.1. The number of aliphatic hydroxyl groups is 3. The lowest BCUT2D eigenvalue weighted by molar-refractivity contribution is -0.0405. The minimum absolute atomic E-state index is 0.00555. The fourth-order valence-corrected chi connectivity index (χ4v) is 15.9. The average molecular weight is 1630 g/mol. The summed E-state index contributed by atoms with van der Waals surface area (Å²) in [6.07, 6.45) is 8.98. The van der Waals surface area contributed by atoms with Gasteiger partial charge in [0.05, 0.1) is 72.7 Å². The highest BCUT2D eigenvalue weighted by atomic mass is 31.2. The molecular formula is C88H123N13O13P2. The fourth-order valence-electron chi connectivity index (χ4n) is 12.4. The lowest BCUT2D eigenvalue weighted by atomic mass is 9.99. The first-order chi connectivity index (χ1) is 55.5. The van der Waals surface area contributed by atoms with Gasteiger partial charge in [0.15, 0.2) is 18.7 Å². The summed E-state index contributed by atoms with van der Waals surface area (Å²) >= 11 is 0.